The summed E-state index contributed by atoms with van der Waals surface area (Å²) in [5.41, 5.74) is 2.04. The van der Waals surface area contributed by atoms with Crippen LogP contribution in [-0.2, 0) is 23.1 Å². The lowest BCUT2D eigenvalue weighted by molar-refractivity contribution is -0.118. The summed E-state index contributed by atoms with van der Waals surface area (Å²) in [5, 5.41) is 10.1. The summed E-state index contributed by atoms with van der Waals surface area (Å²) >= 11 is 0. The number of hydrogen-bond acceptors (Lipinski definition) is 4. The second kappa shape index (κ2) is 8.18. The number of nitrogens with one attached hydrogen (secondary N) is 2. The van der Waals surface area contributed by atoms with E-state index in [4.69, 9.17) is 9.47 Å². The number of ether oxygens (including phenoxy) is 2. The van der Waals surface area contributed by atoms with E-state index < -0.39 is 5.41 Å². The SMILES string of the molecule is COc1cc(CCc2cc(NC(=O)C3(c4cccc(F)c4)CC3)n[nH]2)cc(OC)c1. The fraction of sp³-hybridized carbons (Fsp3) is 0.304. The highest BCUT2D eigenvalue weighted by atomic mass is 19.1. The standard InChI is InChI=1S/C23H24FN3O3/c1-29-19-10-15(11-20(14-19)30-2)6-7-18-13-21(27-26-18)25-22(28)23(8-9-23)16-4-3-5-17(24)12-16/h3-5,10-14H,6-9H2,1-2H3,(H2,25,26,27,28). The van der Waals surface area contributed by atoms with Crippen molar-refractivity contribution in [3.05, 3.63) is 71.2 Å². The van der Waals surface area contributed by atoms with Gasteiger partial charge in [0.2, 0.25) is 5.91 Å². The molecule has 0 atom stereocenters. The number of halogens is 1. The van der Waals surface area contributed by atoms with E-state index in [0.29, 0.717) is 30.6 Å². The summed E-state index contributed by atoms with van der Waals surface area (Å²) in [7, 11) is 3.25. The lowest BCUT2D eigenvalue weighted by atomic mass is 9.95. The number of aryl methyl sites for hydroxylation is 2. The number of nitrogens with zero attached hydrogens (tertiary/aromatic N) is 1. The number of rotatable bonds is 8. The fourth-order valence-corrected chi connectivity index (χ4v) is 3.64. The van der Waals surface area contributed by atoms with Gasteiger partial charge in [-0.15, -0.1) is 0 Å². The third kappa shape index (κ3) is 4.15. The number of methoxy groups -OCH3 is 2. The van der Waals surface area contributed by atoms with E-state index >= 15 is 0 Å². The average Bonchev–Trinajstić information content (AvgIpc) is 3.46. The molecule has 0 unspecified atom stereocenters. The number of anilines is 1. The smallest absolute Gasteiger partial charge is 0.236 e. The molecule has 0 saturated heterocycles. The number of benzene rings is 2. The van der Waals surface area contributed by atoms with Crippen LogP contribution in [0.5, 0.6) is 11.5 Å². The predicted octanol–water partition coefficient (Wildman–Crippen LogP) is 4.02. The largest absolute Gasteiger partial charge is 0.497 e. The van der Waals surface area contributed by atoms with Crippen molar-refractivity contribution in [2.45, 2.75) is 31.1 Å². The van der Waals surface area contributed by atoms with Crippen LogP contribution < -0.4 is 14.8 Å². The minimum atomic E-state index is -0.654. The Morgan fingerprint density at radius 2 is 1.83 bits per heavy atom. The molecule has 0 bridgehead atoms. The van der Waals surface area contributed by atoms with Gasteiger partial charge in [0.25, 0.3) is 0 Å². The van der Waals surface area contributed by atoms with E-state index in [1.807, 2.05) is 24.3 Å². The van der Waals surface area contributed by atoms with Gasteiger partial charge in [0.1, 0.15) is 17.3 Å². The molecule has 1 amide bonds. The number of carbonyl (C=O) groups excluding carboxylic acids is 1. The molecule has 1 heterocycles. The van der Waals surface area contributed by atoms with Gasteiger partial charge in [0.05, 0.1) is 19.6 Å². The fourth-order valence-electron chi connectivity index (χ4n) is 3.64. The predicted molar refractivity (Wildman–Crippen MR) is 111 cm³/mol. The van der Waals surface area contributed by atoms with Crippen molar-refractivity contribution in [2.24, 2.45) is 0 Å². The van der Waals surface area contributed by atoms with Crippen LogP contribution >= 0.6 is 0 Å². The third-order valence-corrected chi connectivity index (χ3v) is 5.53. The van der Waals surface area contributed by atoms with Crippen molar-refractivity contribution in [1.82, 2.24) is 10.2 Å². The molecule has 1 aromatic heterocycles. The van der Waals surface area contributed by atoms with E-state index in [1.54, 1.807) is 26.4 Å². The summed E-state index contributed by atoms with van der Waals surface area (Å²) in [6.07, 6.45) is 2.89. The number of carbonyl (C=O) groups is 1. The highest BCUT2D eigenvalue weighted by Gasteiger charge is 2.51. The van der Waals surface area contributed by atoms with Gasteiger partial charge in [-0.25, -0.2) is 4.39 Å². The highest BCUT2D eigenvalue weighted by Crippen LogP contribution is 2.49. The maximum Gasteiger partial charge on any atom is 0.236 e. The van der Waals surface area contributed by atoms with Crippen LogP contribution in [0.2, 0.25) is 0 Å². The topological polar surface area (TPSA) is 76.2 Å². The van der Waals surface area contributed by atoms with Gasteiger partial charge in [-0.2, -0.15) is 5.10 Å². The molecular weight excluding hydrogens is 385 g/mol. The first-order chi connectivity index (χ1) is 14.5. The lowest BCUT2D eigenvalue weighted by Gasteiger charge is -2.14. The molecule has 2 N–H and O–H groups in total. The molecule has 2 aromatic carbocycles. The molecule has 1 fully saturated rings. The molecule has 3 aromatic rings. The van der Waals surface area contributed by atoms with E-state index in [9.17, 15) is 9.18 Å². The second-order valence-corrected chi connectivity index (χ2v) is 7.55. The van der Waals surface area contributed by atoms with Crippen LogP contribution in [0.25, 0.3) is 0 Å². The zero-order chi connectivity index (χ0) is 21.1. The maximum absolute atomic E-state index is 13.6. The van der Waals surface area contributed by atoms with Crippen LogP contribution in [0.4, 0.5) is 10.2 Å². The minimum absolute atomic E-state index is 0.149. The summed E-state index contributed by atoms with van der Waals surface area (Å²) in [6.45, 7) is 0. The van der Waals surface area contributed by atoms with Gasteiger partial charge in [0.15, 0.2) is 5.82 Å². The molecule has 1 saturated carbocycles. The summed E-state index contributed by atoms with van der Waals surface area (Å²) < 4.78 is 24.2. The van der Waals surface area contributed by atoms with Gasteiger partial charge in [-0.3, -0.25) is 9.89 Å². The Morgan fingerprint density at radius 3 is 2.47 bits per heavy atom. The number of aromatic amines is 1. The molecular formula is C23H24FN3O3. The molecule has 1 aliphatic carbocycles. The molecule has 156 valence electrons. The molecule has 0 radical (unpaired) electrons. The van der Waals surface area contributed by atoms with Crippen molar-refractivity contribution in [3.8, 4) is 11.5 Å². The van der Waals surface area contributed by atoms with E-state index in [2.05, 4.69) is 15.5 Å². The van der Waals surface area contributed by atoms with Crippen molar-refractivity contribution in [2.75, 3.05) is 19.5 Å². The van der Waals surface area contributed by atoms with E-state index in [-0.39, 0.29) is 11.7 Å². The normalized spacial score (nSPS) is 14.2. The van der Waals surface area contributed by atoms with Crippen LogP contribution in [-0.4, -0.2) is 30.3 Å². The molecule has 6 nitrogen and oxygen atoms in total. The van der Waals surface area contributed by atoms with Crippen LogP contribution in [0.1, 0.15) is 29.7 Å². The van der Waals surface area contributed by atoms with Crippen LogP contribution in [0.15, 0.2) is 48.5 Å². The third-order valence-electron chi connectivity index (χ3n) is 5.53. The Bertz CT molecular complexity index is 1040. The summed E-state index contributed by atoms with van der Waals surface area (Å²) in [4.78, 5) is 12.8. The van der Waals surface area contributed by atoms with Crippen LogP contribution in [0.3, 0.4) is 0 Å². The lowest BCUT2D eigenvalue weighted by Crippen LogP contribution is -2.28. The molecule has 1 aliphatic rings. The Kier molecular flexibility index (Phi) is 5.44. The number of amides is 1. The molecule has 4 rings (SSSR count). The first kappa shape index (κ1) is 19.9. The van der Waals surface area contributed by atoms with Crippen LogP contribution in [0, 0.1) is 5.82 Å². The van der Waals surface area contributed by atoms with Crippen molar-refractivity contribution < 1.29 is 18.7 Å². The van der Waals surface area contributed by atoms with Gasteiger partial charge < -0.3 is 14.8 Å². The zero-order valence-electron chi connectivity index (χ0n) is 17.0. The van der Waals surface area contributed by atoms with Gasteiger partial charge in [0, 0.05) is 17.8 Å². The van der Waals surface area contributed by atoms with Crippen molar-refractivity contribution >= 4 is 11.7 Å². The molecule has 30 heavy (non-hydrogen) atoms. The van der Waals surface area contributed by atoms with Gasteiger partial charge >= 0.3 is 0 Å². The number of H-pyrrole nitrogens is 1. The first-order valence-corrected chi connectivity index (χ1v) is 9.86. The average molecular weight is 409 g/mol. The quantitative estimate of drug-likeness (QED) is 0.589. The van der Waals surface area contributed by atoms with Crippen molar-refractivity contribution in [3.63, 3.8) is 0 Å². The first-order valence-electron chi connectivity index (χ1n) is 9.86. The van der Waals surface area contributed by atoms with Gasteiger partial charge in [-0.05, 0) is 61.1 Å². The summed E-state index contributed by atoms with van der Waals surface area (Å²) in [5.74, 6) is 1.48. The number of aromatic nitrogens is 2. The maximum atomic E-state index is 13.6. The molecule has 0 spiro atoms. The minimum Gasteiger partial charge on any atom is -0.497 e. The van der Waals surface area contributed by atoms with E-state index in [0.717, 1.165) is 29.2 Å². The molecule has 7 heteroatoms. The van der Waals surface area contributed by atoms with Gasteiger partial charge in [-0.1, -0.05) is 12.1 Å². The Balaban J connectivity index is 1.40. The Morgan fingerprint density at radius 1 is 1.10 bits per heavy atom. The highest BCUT2D eigenvalue weighted by molar-refractivity contribution is 6.00. The monoisotopic (exact) mass is 409 g/mol. The Labute approximate surface area is 174 Å². The number of hydrogen-bond donors (Lipinski definition) is 2. The Hall–Kier alpha value is -3.35. The van der Waals surface area contributed by atoms with Crippen molar-refractivity contribution in [1.29, 1.82) is 0 Å². The second-order valence-electron chi connectivity index (χ2n) is 7.55. The molecule has 0 aliphatic heterocycles. The van der Waals surface area contributed by atoms with E-state index in [1.165, 1.54) is 12.1 Å². The summed E-state index contributed by atoms with van der Waals surface area (Å²) in [6, 6.07) is 13.9. The zero-order valence-corrected chi connectivity index (χ0v) is 17.0.